The standard InChI is InChI=1S/C19H30N2O/c1-3-4-14-21-15-8-7-10-18(21)13-12-17-9-5-6-11-19(17)20-16(2)22/h5-6,9,11,18H,3-4,7-8,10,12-15H2,1-2H3,(H,20,22). The molecule has 0 saturated carbocycles. The van der Waals surface area contributed by atoms with Crippen molar-refractivity contribution in [3.05, 3.63) is 29.8 Å². The third-order valence-corrected chi connectivity index (χ3v) is 4.62. The number of benzene rings is 1. The molecule has 0 aliphatic carbocycles. The summed E-state index contributed by atoms with van der Waals surface area (Å²) in [7, 11) is 0. The highest BCUT2D eigenvalue weighted by Gasteiger charge is 2.21. The van der Waals surface area contributed by atoms with Gasteiger partial charge in [-0.3, -0.25) is 4.79 Å². The first-order chi connectivity index (χ1) is 10.7. The van der Waals surface area contributed by atoms with Gasteiger partial charge in [0.05, 0.1) is 0 Å². The molecule has 1 aliphatic rings. The summed E-state index contributed by atoms with van der Waals surface area (Å²) in [6.07, 6.45) is 8.85. The molecule has 0 bridgehead atoms. The van der Waals surface area contributed by atoms with Gasteiger partial charge >= 0.3 is 0 Å². The second-order valence-corrected chi connectivity index (χ2v) is 6.42. The van der Waals surface area contributed by atoms with E-state index in [4.69, 9.17) is 0 Å². The summed E-state index contributed by atoms with van der Waals surface area (Å²) >= 11 is 0. The number of carbonyl (C=O) groups is 1. The molecule has 1 saturated heterocycles. The van der Waals surface area contributed by atoms with Crippen LogP contribution in [0.1, 0.15) is 57.9 Å². The highest BCUT2D eigenvalue weighted by Crippen LogP contribution is 2.24. The number of carbonyl (C=O) groups excluding carboxylic acids is 1. The zero-order valence-electron chi connectivity index (χ0n) is 14.1. The number of rotatable bonds is 7. The number of piperidine rings is 1. The summed E-state index contributed by atoms with van der Waals surface area (Å²) < 4.78 is 0. The van der Waals surface area contributed by atoms with Crippen LogP contribution in [-0.4, -0.2) is 29.9 Å². The average molecular weight is 302 g/mol. The lowest BCUT2D eigenvalue weighted by Crippen LogP contribution is -2.40. The zero-order valence-corrected chi connectivity index (χ0v) is 14.1. The Morgan fingerprint density at radius 1 is 1.32 bits per heavy atom. The Morgan fingerprint density at radius 2 is 2.14 bits per heavy atom. The molecule has 0 aromatic heterocycles. The predicted octanol–water partition coefficient (Wildman–Crippen LogP) is 4.23. The number of unbranched alkanes of at least 4 members (excludes halogenated alkanes) is 1. The van der Waals surface area contributed by atoms with E-state index in [2.05, 4.69) is 29.3 Å². The van der Waals surface area contributed by atoms with Gasteiger partial charge in [-0.2, -0.15) is 0 Å². The molecule has 1 N–H and O–H groups in total. The van der Waals surface area contributed by atoms with Gasteiger partial charge < -0.3 is 10.2 Å². The Bertz CT molecular complexity index is 472. The molecule has 122 valence electrons. The molecule has 1 aliphatic heterocycles. The first kappa shape index (κ1) is 17.0. The van der Waals surface area contributed by atoms with E-state index in [1.807, 2.05) is 12.1 Å². The maximum absolute atomic E-state index is 11.3. The van der Waals surface area contributed by atoms with E-state index >= 15 is 0 Å². The van der Waals surface area contributed by atoms with Crippen LogP contribution in [0.4, 0.5) is 5.69 Å². The second kappa shape index (κ2) is 8.94. The number of para-hydroxylation sites is 1. The summed E-state index contributed by atoms with van der Waals surface area (Å²) in [5, 5.41) is 2.95. The molecule has 22 heavy (non-hydrogen) atoms. The number of anilines is 1. The zero-order chi connectivity index (χ0) is 15.8. The van der Waals surface area contributed by atoms with Crippen molar-refractivity contribution in [1.82, 2.24) is 4.90 Å². The minimum Gasteiger partial charge on any atom is -0.326 e. The Hall–Kier alpha value is -1.35. The fourth-order valence-corrected chi connectivity index (χ4v) is 3.41. The van der Waals surface area contributed by atoms with Crippen LogP contribution in [0, 0.1) is 0 Å². The predicted molar refractivity (Wildman–Crippen MR) is 93.2 cm³/mol. The average Bonchev–Trinajstić information content (AvgIpc) is 2.52. The van der Waals surface area contributed by atoms with Crippen molar-refractivity contribution in [2.24, 2.45) is 0 Å². The molecule has 1 amide bonds. The molecule has 0 radical (unpaired) electrons. The third-order valence-electron chi connectivity index (χ3n) is 4.62. The van der Waals surface area contributed by atoms with Crippen molar-refractivity contribution < 1.29 is 4.79 Å². The van der Waals surface area contributed by atoms with E-state index in [1.165, 1.54) is 57.2 Å². The Labute approximate surface area is 135 Å². The molecule has 3 nitrogen and oxygen atoms in total. The maximum atomic E-state index is 11.3. The molecule has 1 aromatic carbocycles. The van der Waals surface area contributed by atoms with E-state index < -0.39 is 0 Å². The fourth-order valence-electron chi connectivity index (χ4n) is 3.41. The highest BCUT2D eigenvalue weighted by atomic mass is 16.1. The van der Waals surface area contributed by atoms with Crippen LogP contribution in [-0.2, 0) is 11.2 Å². The van der Waals surface area contributed by atoms with Gasteiger partial charge in [0.1, 0.15) is 0 Å². The lowest BCUT2D eigenvalue weighted by molar-refractivity contribution is -0.114. The van der Waals surface area contributed by atoms with Gasteiger partial charge in [0, 0.05) is 18.7 Å². The quantitative estimate of drug-likeness (QED) is 0.817. The number of hydrogen-bond acceptors (Lipinski definition) is 2. The Morgan fingerprint density at radius 3 is 2.91 bits per heavy atom. The number of likely N-dealkylation sites (tertiary alicyclic amines) is 1. The van der Waals surface area contributed by atoms with Crippen LogP contribution in [0.5, 0.6) is 0 Å². The molecular weight excluding hydrogens is 272 g/mol. The lowest BCUT2D eigenvalue weighted by Gasteiger charge is -2.36. The van der Waals surface area contributed by atoms with Gasteiger partial charge in [0.15, 0.2) is 0 Å². The molecule has 1 aromatic rings. The Kier molecular flexibility index (Phi) is 6.91. The van der Waals surface area contributed by atoms with Crippen LogP contribution >= 0.6 is 0 Å². The summed E-state index contributed by atoms with van der Waals surface area (Å²) in [6.45, 7) is 6.35. The van der Waals surface area contributed by atoms with Crippen LogP contribution in [0.25, 0.3) is 0 Å². The van der Waals surface area contributed by atoms with E-state index in [0.717, 1.165) is 12.1 Å². The first-order valence-corrected chi connectivity index (χ1v) is 8.80. The number of aryl methyl sites for hydroxylation is 1. The van der Waals surface area contributed by atoms with Gasteiger partial charge in [0.2, 0.25) is 5.91 Å². The topological polar surface area (TPSA) is 32.3 Å². The van der Waals surface area contributed by atoms with Gasteiger partial charge in [-0.15, -0.1) is 0 Å². The van der Waals surface area contributed by atoms with Gasteiger partial charge in [0.25, 0.3) is 0 Å². The van der Waals surface area contributed by atoms with Crippen molar-refractivity contribution in [3.8, 4) is 0 Å². The number of nitrogens with one attached hydrogen (secondary N) is 1. The maximum Gasteiger partial charge on any atom is 0.221 e. The van der Waals surface area contributed by atoms with Crippen molar-refractivity contribution in [2.45, 2.75) is 64.8 Å². The summed E-state index contributed by atoms with van der Waals surface area (Å²) in [5.41, 5.74) is 2.24. The number of amides is 1. The van der Waals surface area contributed by atoms with E-state index in [0.29, 0.717) is 6.04 Å². The normalized spacial score (nSPS) is 19.1. The lowest BCUT2D eigenvalue weighted by atomic mass is 9.95. The van der Waals surface area contributed by atoms with E-state index in [9.17, 15) is 4.79 Å². The molecule has 1 heterocycles. The van der Waals surface area contributed by atoms with Gasteiger partial charge in [-0.25, -0.2) is 0 Å². The molecule has 0 spiro atoms. The third kappa shape index (κ3) is 5.13. The summed E-state index contributed by atoms with van der Waals surface area (Å²) in [5.74, 6) is 0.00897. The fraction of sp³-hybridized carbons (Fsp3) is 0.632. The van der Waals surface area contributed by atoms with E-state index in [1.54, 1.807) is 6.92 Å². The van der Waals surface area contributed by atoms with Crippen molar-refractivity contribution in [1.29, 1.82) is 0 Å². The summed E-state index contributed by atoms with van der Waals surface area (Å²) in [4.78, 5) is 14.0. The molecule has 1 fully saturated rings. The minimum atomic E-state index is 0.00897. The van der Waals surface area contributed by atoms with Crippen LogP contribution < -0.4 is 5.32 Å². The first-order valence-electron chi connectivity index (χ1n) is 8.80. The van der Waals surface area contributed by atoms with Gasteiger partial charge in [-0.05, 0) is 56.8 Å². The van der Waals surface area contributed by atoms with E-state index in [-0.39, 0.29) is 5.91 Å². The van der Waals surface area contributed by atoms with Crippen LogP contribution in [0.15, 0.2) is 24.3 Å². The largest absolute Gasteiger partial charge is 0.326 e. The number of nitrogens with zero attached hydrogens (tertiary/aromatic N) is 1. The van der Waals surface area contributed by atoms with Crippen LogP contribution in [0.2, 0.25) is 0 Å². The van der Waals surface area contributed by atoms with Crippen molar-refractivity contribution >= 4 is 11.6 Å². The number of hydrogen-bond donors (Lipinski definition) is 1. The minimum absolute atomic E-state index is 0.00897. The Balaban J connectivity index is 1.94. The van der Waals surface area contributed by atoms with Crippen molar-refractivity contribution in [2.75, 3.05) is 18.4 Å². The molecule has 1 unspecified atom stereocenters. The van der Waals surface area contributed by atoms with Crippen molar-refractivity contribution in [3.63, 3.8) is 0 Å². The highest BCUT2D eigenvalue weighted by molar-refractivity contribution is 5.89. The van der Waals surface area contributed by atoms with Gasteiger partial charge in [-0.1, -0.05) is 38.0 Å². The SMILES string of the molecule is CCCCN1CCCCC1CCc1ccccc1NC(C)=O. The smallest absolute Gasteiger partial charge is 0.221 e. The van der Waals surface area contributed by atoms with Crippen LogP contribution in [0.3, 0.4) is 0 Å². The molecule has 2 rings (SSSR count). The molecule has 1 atom stereocenters. The monoisotopic (exact) mass is 302 g/mol. The molecular formula is C19H30N2O. The second-order valence-electron chi connectivity index (χ2n) is 6.42. The molecule has 3 heteroatoms. The summed E-state index contributed by atoms with van der Waals surface area (Å²) in [6, 6.07) is 8.92.